The van der Waals surface area contributed by atoms with Crippen LogP contribution in [-0.2, 0) is 6.42 Å². The Bertz CT molecular complexity index is 684. The van der Waals surface area contributed by atoms with E-state index >= 15 is 0 Å². The average molecular weight is 355 g/mol. The highest BCUT2D eigenvalue weighted by atomic mass is 19.4. The monoisotopic (exact) mass is 355 g/mol. The van der Waals surface area contributed by atoms with E-state index in [0.717, 1.165) is 13.0 Å². The van der Waals surface area contributed by atoms with E-state index in [1.807, 2.05) is 6.07 Å². The van der Waals surface area contributed by atoms with E-state index in [1.165, 1.54) is 0 Å². The van der Waals surface area contributed by atoms with Gasteiger partial charge in [-0.05, 0) is 32.2 Å². The number of pyridine rings is 1. The minimum absolute atomic E-state index is 0.0937. The predicted octanol–water partition coefficient (Wildman–Crippen LogP) is 2.68. The third kappa shape index (κ3) is 5.42. The molecule has 2 aromatic rings. The maximum absolute atomic E-state index is 12.1. The molecule has 0 amide bonds. The molecule has 25 heavy (non-hydrogen) atoms. The smallest absolute Gasteiger partial charge is 0.389 e. The second kappa shape index (κ2) is 7.81. The van der Waals surface area contributed by atoms with Gasteiger partial charge in [-0.25, -0.2) is 4.68 Å². The molecule has 0 unspecified atom stereocenters. The average Bonchev–Trinajstić information content (AvgIpc) is 2.98. The first-order valence-corrected chi connectivity index (χ1v) is 8.29. The summed E-state index contributed by atoms with van der Waals surface area (Å²) in [5, 5.41) is 11.3. The van der Waals surface area contributed by atoms with Crippen molar-refractivity contribution in [2.75, 3.05) is 13.2 Å². The van der Waals surface area contributed by atoms with E-state index in [2.05, 4.69) is 20.6 Å². The first kappa shape index (κ1) is 17.7. The fourth-order valence-electron chi connectivity index (χ4n) is 2.47. The molecule has 0 bridgehead atoms. The largest absolute Gasteiger partial charge is 0.490 e. The topological polar surface area (TPSA) is 64.9 Å². The van der Waals surface area contributed by atoms with Crippen LogP contribution in [0.2, 0.25) is 0 Å². The first-order valence-electron chi connectivity index (χ1n) is 8.29. The number of rotatable bonds is 8. The van der Waals surface area contributed by atoms with Crippen LogP contribution in [0.25, 0.3) is 5.69 Å². The number of unbranched alkanes of at least 4 members (excludes halogenated alkanes) is 1. The zero-order chi connectivity index (χ0) is 17.7. The van der Waals surface area contributed by atoms with Crippen molar-refractivity contribution < 1.29 is 17.9 Å². The van der Waals surface area contributed by atoms with Gasteiger partial charge in [0.2, 0.25) is 0 Å². The van der Waals surface area contributed by atoms with Crippen molar-refractivity contribution in [1.29, 1.82) is 0 Å². The van der Waals surface area contributed by atoms with Crippen molar-refractivity contribution in [3.63, 3.8) is 0 Å². The highest BCUT2D eigenvalue weighted by Crippen LogP contribution is 2.23. The minimum Gasteiger partial charge on any atom is -0.490 e. The molecule has 6 nitrogen and oxygen atoms in total. The van der Waals surface area contributed by atoms with Gasteiger partial charge in [0.25, 0.3) is 0 Å². The number of hydrogen-bond donors (Lipinski definition) is 1. The van der Waals surface area contributed by atoms with Crippen LogP contribution in [0, 0.1) is 0 Å². The van der Waals surface area contributed by atoms with Crippen molar-refractivity contribution in [3.05, 3.63) is 30.4 Å². The molecule has 3 rings (SSSR count). The SMILES string of the molecule is FC(F)(F)CCCCc1cn(-c2cncc(OC[C@@H]3CCN3)c2)nn1. The van der Waals surface area contributed by atoms with Gasteiger partial charge in [-0.1, -0.05) is 5.21 Å². The molecule has 1 aliphatic rings. The molecule has 0 aliphatic carbocycles. The zero-order valence-electron chi connectivity index (χ0n) is 13.7. The molecule has 3 heterocycles. The number of aryl methyl sites for hydroxylation is 1. The summed E-state index contributed by atoms with van der Waals surface area (Å²) in [6.07, 6.45) is 2.21. The standard InChI is InChI=1S/C16H20F3N5O/c17-16(18,19)5-2-1-3-12-10-24(23-22-12)14-7-15(9-20-8-14)25-11-13-4-6-21-13/h7-10,13,21H,1-6,11H2/t13-/m0/s1. The number of aromatic nitrogens is 4. The second-order valence-corrected chi connectivity index (χ2v) is 6.11. The van der Waals surface area contributed by atoms with Gasteiger partial charge in [0.05, 0.1) is 30.0 Å². The molecule has 1 atom stereocenters. The zero-order valence-corrected chi connectivity index (χ0v) is 13.7. The second-order valence-electron chi connectivity index (χ2n) is 6.11. The van der Waals surface area contributed by atoms with Crippen molar-refractivity contribution in [2.45, 2.75) is 44.3 Å². The van der Waals surface area contributed by atoms with E-state index in [9.17, 15) is 13.2 Å². The molecule has 1 saturated heterocycles. The molecular weight excluding hydrogens is 335 g/mol. The molecule has 0 spiro atoms. The maximum Gasteiger partial charge on any atom is 0.389 e. The predicted molar refractivity (Wildman–Crippen MR) is 84.7 cm³/mol. The van der Waals surface area contributed by atoms with Gasteiger partial charge in [-0.15, -0.1) is 5.10 Å². The Morgan fingerprint density at radius 1 is 1.28 bits per heavy atom. The van der Waals surface area contributed by atoms with Crippen LogP contribution in [0.3, 0.4) is 0 Å². The van der Waals surface area contributed by atoms with E-state index < -0.39 is 12.6 Å². The molecule has 9 heteroatoms. The van der Waals surface area contributed by atoms with E-state index in [1.54, 1.807) is 23.3 Å². The minimum atomic E-state index is -4.10. The summed E-state index contributed by atoms with van der Waals surface area (Å²) in [4.78, 5) is 4.14. The van der Waals surface area contributed by atoms with Crippen LogP contribution in [0.5, 0.6) is 5.75 Å². The highest BCUT2D eigenvalue weighted by molar-refractivity contribution is 5.34. The lowest BCUT2D eigenvalue weighted by atomic mass is 10.1. The van der Waals surface area contributed by atoms with Crippen molar-refractivity contribution in [3.8, 4) is 11.4 Å². The van der Waals surface area contributed by atoms with Crippen molar-refractivity contribution >= 4 is 0 Å². The molecule has 0 aromatic carbocycles. The molecule has 1 N–H and O–H groups in total. The summed E-state index contributed by atoms with van der Waals surface area (Å²) < 4.78 is 43.6. The highest BCUT2D eigenvalue weighted by Gasteiger charge is 2.25. The Hall–Kier alpha value is -2.16. The third-order valence-electron chi connectivity index (χ3n) is 4.02. The fraction of sp³-hybridized carbons (Fsp3) is 0.562. The summed E-state index contributed by atoms with van der Waals surface area (Å²) in [5.74, 6) is 0.647. The summed E-state index contributed by atoms with van der Waals surface area (Å²) in [6.45, 7) is 1.62. The Kier molecular flexibility index (Phi) is 5.52. The van der Waals surface area contributed by atoms with Crippen LogP contribution >= 0.6 is 0 Å². The van der Waals surface area contributed by atoms with Gasteiger partial charge in [0, 0.05) is 18.5 Å². The molecule has 136 valence electrons. The van der Waals surface area contributed by atoms with Gasteiger partial charge in [0.1, 0.15) is 12.4 Å². The number of nitrogens with zero attached hydrogens (tertiary/aromatic N) is 4. The Morgan fingerprint density at radius 2 is 2.12 bits per heavy atom. The third-order valence-corrected chi connectivity index (χ3v) is 4.02. The molecule has 0 radical (unpaired) electrons. The lowest BCUT2D eigenvalue weighted by Gasteiger charge is -2.27. The summed E-state index contributed by atoms with van der Waals surface area (Å²) in [5.41, 5.74) is 1.36. The summed E-state index contributed by atoms with van der Waals surface area (Å²) in [6, 6.07) is 2.20. The number of ether oxygens (including phenoxy) is 1. The Balaban J connectivity index is 1.52. The number of halogens is 3. The maximum atomic E-state index is 12.1. The van der Waals surface area contributed by atoms with Gasteiger partial charge in [0.15, 0.2) is 0 Å². The molecule has 0 saturated carbocycles. The Labute approximate surface area is 143 Å². The fourth-order valence-corrected chi connectivity index (χ4v) is 2.47. The lowest BCUT2D eigenvalue weighted by Crippen LogP contribution is -2.46. The van der Waals surface area contributed by atoms with Crippen molar-refractivity contribution in [2.24, 2.45) is 0 Å². The normalized spacial score (nSPS) is 17.3. The van der Waals surface area contributed by atoms with Gasteiger partial charge in [-0.2, -0.15) is 13.2 Å². The summed E-state index contributed by atoms with van der Waals surface area (Å²) >= 11 is 0. The van der Waals surface area contributed by atoms with Crippen LogP contribution in [0.4, 0.5) is 13.2 Å². The van der Waals surface area contributed by atoms with Crippen LogP contribution in [0.15, 0.2) is 24.7 Å². The quantitative estimate of drug-likeness (QED) is 0.738. The molecule has 2 aromatic heterocycles. The van der Waals surface area contributed by atoms with Gasteiger partial charge < -0.3 is 10.1 Å². The van der Waals surface area contributed by atoms with Crippen LogP contribution in [-0.4, -0.2) is 45.3 Å². The summed E-state index contributed by atoms with van der Waals surface area (Å²) in [7, 11) is 0. The van der Waals surface area contributed by atoms with Gasteiger partial charge >= 0.3 is 6.18 Å². The first-order chi connectivity index (χ1) is 12.0. The number of nitrogens with one attached hydrogen (secondary N) is 1. The Morgan fingerprint density at radius 3 is 2.84 bits per heavy atom. The van der Waals surface area contributed by atoms with E-state index in [4.69, 9.17) is 4.74 Å². The van der Waals surface area contributed by atoms with Crippen LogP contribution < -0.4 is 10.1 Å². The van der Waals surface area contributed by atoms with E-state index in [-0.39, 0.29) is 6.42 Å². The molecule has 1 aliphatic heterocycles. The van der Waals surface area contributed by atoms with Crippen molar-refractivity contribution in [1.82, 2.24) is 25.3 Å². The van der Waals surface area contributed by atoms with E-state index in [0.29, 0.717) is 42.6 Å². The number of alkyl halides is 3. The number of hydrogen-bond acceptors (Lipinski definition) is 5. The molecular formula is C16H20F3N5O. The molecule has 1 fully saturated rings. The lowest BCUT2D eigenvalue weighted by molar-refractivity contribution is -0.135. The van der Waals surface area contributed by atoms with Gasteiger partial charge in [-0.3, -0.25) is 4.98 Å². The van der Waals surface area contributed by atoms with Crippen LogP contribution in [0.1, 0.15) is 31.4 Å².